The molecule has 2 fully saturated rings. The fourth-order valence-electron chi connectivity index (χ4n) is 4.32. The van der Waals surface area contributed by atoms with Gasteiger partial charge < -0.3 is 20.4 Å². The molecule has 0 saturated carbocycles. The Morgan fingerprint density at radius 1 is 1.27 bits per heavy atom. The highest BCUT2D eigenvalue weighted by molar-refractivity contribution is 5.79. The summed E-state index contributed by atoms with van der Waals surface area (Å²) in [5.41, 5.74) is 7.56. The summed E-state index contributed by atoms with van der Waals surface area (Å²) in [6.45, 7) is 3.63. The molecule has 2 atom stereocenters. The van der Waals surface area contributed by atoms with Gasteiger partial charge >= 0.3 is 11.9 Å². The molecule has 0 aromatic heterocycles. The summed E-state index contributed by atoms with van der Waals surface area (Å²) in [4.78, 5) is 29.8. The molecule has 33 heavy (non-hydrogen) atoms. The van der Waals surface area contributed by atoms with E-state index in [1.807, 2.05) is 29.2 Å². The summed E-state index contributed by atoms with van der Waals surface area (Å²) in [6.07, 6.45) is 5.11. The van der Waals surface area contributed by atoms with Crippen molar-refractivity contribution in [2.24, 2.45) is 5.10 Å². The molecule has 1 aromatic rings. The van der Waals surface area contributed by atoms with Gasteiger partial charge in [-0.3, -0.25) is 14.5 Å². The molecule has 4 N–H and O–H groups in total. The Kier molecular flexibility index (Phi) is 9.19. The van der Waals surface area contributed by atoms with Crippen LogP contribution in [-0.2, 0) is 19.2 Å². The number of carboxylic acids is 2. The van der Waals surface area contributed by atoms with Gasteiger partial charge in [0, 0.05) is 26.1 Å². The molecule has 1 aromatic carbocycles. The van der Waals surface area contributed by atoms with Crippen LogP contribution < -0.4 is 10.9 Å². The van der Waals surface area contributed by atoms with Crippen LogP contribution in [0.5, 0.6) is 0 Å². The minimum atomic E-state index is -1.01. The monoisotopic (exact) mass is 462 g/mol. The van der Waals surface area contributed by atoms with E-state index in [0.29, 0.717) is 32.4 Å². The predicted octanol–water partition coefficient (Wildman–Crippen LogP) is 1.77. The van der Waals surface area contributed by atoms with Gasteiger partial charge in [0.15, 0.2) is 0 Å². The number of hydrogen-bond acceptors (Lipinski definition) is 8. The quantitative estimate of drug-likeness (QED) is 0.208. The van der Waals surface area contributed by atoms with E-state index in [0.717, 1.165) is 30.5 Å². The Labute approximate surface area is 193 Å². The number of piperidine rings is 1. The zero-order chi connectivity index (χ0) is 23.7. The summed E-state index contributed by atoms with van der Waals surface area (Å²) in [5, 5.41) is 22.3. The largest absolute Gasteiger partial charge is 0.480 e. The fourth-order valence-corrected chi connectivity index (χ4v) is 4.32. The average molecular weight is 463 g/mol. The van der Waals surface area contributed by atoms with E-state index in [-0.39, 0.29) is 25.3 Å². The van der Waals surface area contributed by atoms with Crippen LogP contribution in [-0.4, -0.2) is 77.8 Å². The van der Waals surface area contributed by atoms with Crippen molar-refractivity contribution in [3.05, 3.63) is 35.4 Å². The van der Waals surface area contributed by atoms with E-state index in [1.165, 1.54) is 0 Å². The second kappa shape index (κ2) is 12.1. The van der Waals surface area contributed by atoms with E-state index in [2.05, 4.69) is 22.9 Å². The number of hydroxylamine groups is 1. The van der Waals surface area contributed by atoms with E-state index < -0.39 is 17.5 Å². The van der Waals surface area contributed by atoms with Crippen molar-refractivity contribution < 1.29 is 29.4 Å². The number of ether oxygens (including phenoxy) is 1. The molecule has 2 saturated heterocycles. The van der Waals surface area contributed by atoms with Gasteiger partial charge in [0.1, 0.15) is 6.61 Å². The number of nitrogens with one attached hydrogen (secondary N) is 2. The predicted molar refractivity (Wildman–Crippen MR) is 122 cm³/mol. The van der Waals surface area contributed by atoms with Crippen molar-refractivity contribution in [1.29, 1.82) is 0 Å². The molecule has 0 aliphatic carbocycles. The van der Waals surface area contributed by atoms with E-state index in [9.17, 15) is 9.59 Å². The van der Waals surface area contributed by atoms with Crippen molar-refractivity contribution >= 4 is 18.2 Å². The number of likely N-dealkylation sites (tertiary alicyclic amines) is 1. The first-order valence-electron chi connectivity index (χ1n) is 11.5. The lowest BCUT2D eigenvalue weighted by Gasteiger charge is -2.42. The van der Waals surface area contributed by atoms with Crippen LogP contribution in [0, 0.1) is 0 Å². The highest BCUT2D eigenvalue weighted by Crippen LogP contribution is 2.36. The highest BCUT2D eigenvalue weighted by Gasteiger charge is 2.41. The van der Waals surface area contributed by atoms with Crippen LogP contribution >= 0.6 is 0 Å². The van der Waals surface area contributed by atoms with Gasteiger partial charge in [0.25, 0.3) is 0 Å². The molecule has 2 aliphatic rings. The van der Waals surface area contributed by atoms with E-state index in [4.69, 9.17) is 19.8 Å². The third-order valence-corrected chi connectivity index (χ3v) is 6.11. The molecule has 182 valence electrons. The lowest BCUT2D eigenvalue weighted by atomic mass is 9.84. The normalized spacial score (nSPS) is 23.1. The molecule has 0 spiro atoms. The molecule has 2 aliphatic heterocycles. The topological polar surface area (TPSA) is 133 Å². The molecule has 0 bridgehead atoms. The number of carbonyl (C=O) groups is 2. The number of carboxylic acid groups (broad SMARTS) is 2. The minimum absolute atomic E-state index is 0.0199. The molecule has 0 amide bonds. The van der Waals surface area contributed by atoms with Crippen LogP contribution in [0.4, 0.5) is 0 Å². The molecular formula is C23H34N4O6. The van der Waals surface area contributed by atoms with Crippen molar-refractivity contribution in [1.82, 2.24) is 15.8 Å². The summed E-state index contributed by atoms with van der Waals surface area (Å²) < 4.78 is 5.86. The van der Waals surface area contributed by atoms with Crippen molar-refractivity contribution in [2.45, 2.75) is 56.8 Å². The second-order valence-corrected chi connectivity index (χ2v) is 8.72. The van der Waals surface area contributed by atoms with Gasteiger partial charge in [-0.15, -0.1) is 0 Å². The second-order valence-electron chi connectivity index (χ2n) is 8.72. The Balaban J connectivity index is 1.56. The zero-order valence-electron chi connectivity index (χ0n) is 19.0. The minimum Gasteiger partial charge on any atom is -0.480 e. The maximum absolute atomic E-state index is 11.1. The smallest absolute Gasteiger partial charge is 0.329 e. The van der Waals surface area contributed by atoms with Gasteiger partial charge in [0.2, 0.25) is 0 Å². The van der Waals surface area contributed by atoms with Crippen LogP contribution in [0.3, 0.4) is 0 Å². The Bertz CT molecular complexity index is 808. The maximum Gasteiger partial charge on any atom is 0.329 e. The van der Waals surface area contributed by atoms with Crippen molar-refractivity contribution in [3.63, 3.8) is 0 Å². The number of aliphatic carboxylic acids is 2. The van der Waals surface area contributed by atoms with Crippen LogP contribution in [0.15, 0.2) is 29.4 Å². The first-order valence-corrected chi connectivity index (χ1v) is 11.5. The zero-order valence-corrected chi connectivity index (χ0v) is 19.0. The summed E-state index contributed by atoms with van der Waals surface area (Å²) in [5.74, 6) is -1.88. The SMILES string of the molecule is CCCNN=Cc1ccc(C2CC(CC3(OCC(=O)O)CCN(CC(=O)O)CC3)ON2)cc1. The number of nitrogens with zero attached hydrogens (tertiary/aromatic N) is 2. The lowest BCUT2D eigenvalue weighted by Crippen LogP contribution is -2.49. The van der Waals surface area contributed by atoms with Gasteiger partial charge in [-0.05, 0) is 36.8 Å². The molecule has 10 heteroatoms. The fraction of sp³-hybridized carbons (Fsp3) is 0.609. The first-order chi connectivity index (χ1) is 15.9. The molecule has 0 radical (unpaired) electrons. The number of rotatable bonds is 12. The standard InChI is InChI=1S/C23H34N4O6/c1-2-9-24-25-14-17-3-5-18(6-4-17)20-12-19(33-26-20)13-23(32-16-22(30)31)7-10-27(11-8-23)15-21(28)29/h3-6,14,19-20,24,26H,2,7-13,15-16H2,1H3,(H,28,29)(H,30,31). The lowest BCUT2D eigenvalue weighted by molar-refractivity contribution is -0.159. The van der Waals surface area contributed by atoms with Gasteiger partial charge in [-0.1, -0.05) is 31.2 Å². The summed E-state index contributed by atoms with van der Waals surface area (Å²) in [7, 11) is 0. The van der Waals surface area contributed by atoms with Gasteiger partial charge in [-0.25, -0.2) is 4.79 Å². The summed E-state index contributed by atoms with van der Waals surface area (Å²) in [6, 6.07) is 8.15. The third kappa shape index (κ3) is 7.78. The molecule has 2 heterocycles. The molecule has 2 unspecified atom stereocenters. The number of hydrazone groups is 1. The highest BCUT2D eigenvalue weighted by atomic mass is 16.7. The maximum atomic E-state index is 11.1. The van der Waals surface area contributed by atoms with Crippen molar-refractivity contribution in [2.75, 3.05) is 32.8 Å². The first kappa shape index (κ1) is 25.1. The van der Waals surface area contributed by atoms with Crippen LogP contribution in [0.2, 0.25) is 0 Å². The number of hydrogen-bond donors (Lipinski definition) is 4. The third-order valence-electron chi connectivity index (χ3n) is 6.11. The van der Waals surface area contributed by atoms with E-state index >= 15 is 0 Å². The van der Waals surface area contributed by atoms with Gasteiger partial charge in [0.05, 0.1) is 30.5 Å². The Hall–Kier alpha value is -2.53. The summed E-state index contributed by atoms with van der Waals surface area (Å²) >= 11 is 0. The van der Waals surface area contributed by atoms with Crippen molar-refractivity contribution in [3.8, 4) is 0 Å². The van der Waals surface area contributed by atoms with Crippen LogP contribution in [0.1, 0.15) is 56.2 Å². The Morgan fingerprint density at radius 2 is 2.00 bits per heavy atom. The average Bonchev–Trinajstić information content (AvgIpc) is 3.25. The van der Waals surface area contributed by atoms with E-state index in [1.54, 1.807) is 6.21 Å². The number of benzene rings is 1. The molecular weight excluding hydrogens is 428 g/mol. The Morgan fingerprint density at radius 3 is 2.64 bits per heavy atom. The molecule has 3 rings (SSSR count). The van der Waals surface area contributed by atoms with Gasteiger partial charge in [-0.2, -0.15) is 10.6 Å². The van der Waals surface area contributed by atoms with Crippen LogP contribution in [0.25, 0.3) is 0 Å². The molecule has 10 nitrogen and oxygen atoms in total.